The minimum atomic E-state index is -0.101. The van der Waals surface area contributed by atoms with E-state index in [1.807, 2.05) is 25.1 Å². The molecular weight excluding hydrogens is 308 g/mol. The fraction of sp³-hybridized carbons (Fsp3) is 0.500. The molecule has 0 heterocycles. The molecule has 0 aliphatic carbocycles. The molecule has 1 atom stereocenters. The summed E-state index contributed by atoms with van der Waals surface area (Å²) in [6, 6.07) is 5.78. The van der Waals surface area contributed by atoms with Crippen LogP contribution in [0.2, 0.25) is 0 Å². The average Bonchev–Trinajstić information content (AvgIpc) is 2.37. The monoisotopic (exact) mass is 328 g/mol. The Bertz CT molecular complexity index is 424. The Morgan fingerprint density at radius 3 is 2.84 bits per heavy atom. The molecule has 5 heteroatoms. The Kier molecular flexibility index (Phi) is 6.87. The topological polar surface area (TPSA) is 64.3 Å². The standard InChI is InChI=1S/C14H21BrN2O2/c1-3-4-10(2)17-14(18)9-19-13-6-5-11(8-16)7-12(13)15/h5-7,10H,3-4,8-9,16H2,1-2H3,(H,17,18). The lowest BCUT2D eigenvalue weighted by molar-refractivity contribution is -0.123. The van der Waals surface area contributed by atoms with Crippen molar-refractivity contribution in [3.05, 3.63) is 28.2 Å². The lowest BCUT2D eigenvalue weighted by atomic mass is 10.2. The average molecular weight is 329 g/mol. The SMILES string of the molecule is CCCC(C)NC(=O)COc1ccc(CN)cc1Br. The van der Waals surface area contributed by atoms with E-state index in [1.54, 1.807) is 0 Å². The molecule has 1 amide bonds. The Morgan fingerprint density at radius 1 is 1.53 bits per heavy atom. The second-order valence-electron chi connectivity index (χ2n) is 4.51. The van der Waals surface area contributed by atoms with Crippen LogP contribution in [0.3, 0.4) is 0 Å². The van der Waals surface area contributed by atoms with Crippen LogP contribution in [0.25, 0.3) is 0 Å². The maximum absolute atomic E-state index is 11.7. The van der Waals surface area contributed by atoms with Crippen molar-refractivity contribution in [2.45, 2.75) is 39.3 Å². The zero-order chi connectivity index (χ0) is 14.3. The van der Waals surface area contributed by atoms with Crippen LogP contribution in [0, 0.1) is 0 Å². The molecule has 0 radical (unpaired) electrons. The van der Waals surface area contributed by atoms with E-state index >= 15 is 0 Å². The van der Waals surface area contributed by atoms with Gasteiger partial charge in [-0.2, -0.15) is 0 Å². The molecule has 0 bridgehead atoms. The first-order chi connectivity index (χ1) is 9.06. The minimum Gasteiger partial charge on any atom is -0.483 e. The molecule has 0 aliphatic rings. The van der Waals surface area contributed by atoms with Crippen LogP contribution in [0.5, 0.6) is 5.75 Å². The molecule has 0 spiro atoms. The van der Waals surface area contributed by atoms with E-state index < -0.39 is 0 Å². The number of hydrogen-bond acceptors (Lipinski definition) is 3. The Hall–Kier alpha value is -1.07. The highest BCUT2D eigenvalue weighted by Crippen LogP contribution is 2.25. The van der Waals surface area contributed by atoms with Crippen LogP contribution in [-0.2, 0) is 11.3 Å². The molecule has 3 N–H and O–H groups in total. The third kappa shape index (κ3) is 5.61. The zero-order valence-electron chi connectivity index (χ0n) is 11.4. The van der Waals surface area contributed by atoms with Crippen LogP contribution in [0.15, 0.2) is 22.7 Å². The number of nitrogens with two attached hydrogens (primary N) is 1. The highest BCUT2D eigenvalue weighted by molar-refractivity contribution is 9.10. The fourth-order valence-electron chi connectivity index (χ4n) is 1.75. The van der Waals surface area contributed by atoms with Crippen molar-refractivity contribution in [2.24, 2.45) is 5.73 Å². The van der Waals surface area contributed by atoms with Gasteiger partial charge in [0.15, 0.2) is 6.61 Å². The number of hydrogen-bond donors (Lipinski definition) is 2. The second-order valence-corrected chi connectivity index (χ2v) is 5.37. The highest BCUT2D eigenvalue weighted by atomic mass is 79.9. The summed E-state index contributed by atoms with van der Waals surface area (Å²) in [4.78, 5) is 11.7. The van der Waals surface area contributed by atoms with Crippen LogP contribution in [-0.4, -0.2) is 18.6 Å². The molecule has 1 unspecified atom stereocenters. The summed E-state index contributed by atoms with van der Waals surface area (Å²) >= 11 is 3.40. The van der Waals surface area contributed by atoms with Crippen LogP contribution in [0.4, 0.5) is 0 Å². The van der Waals surface area contributed by atoms with E-state index in [0.717, 1.165) is 22.9 Å². The van der Waals surface area contributed by atoms with Crippen LogP contribution >= 0.6 is 15.9 Å². The highest BCUT2D eigenvalue weighted by Gasteiger charge is 2.08. The first kappa shape index (κ1) is 16.0. The summed E-state index contributed by atoms with van der Waals surface area (Å²) in [5.74, 6) is 0.547. The fourth-order valence-corrected chi connectivity index (χ4v) is 2.29. The van der Waals surface area contributed by atoms with Crippen molar-refractivity contribution < 1.29 is 9.53 Å². The van der Waals surface area contributed by atoms with Gasteiger partial charge >= 0.3 is 0 Å². The van der Waals surface area contributed by atoms with Gasteiger partial charge in [0, 0.05) is 12.6 Å². The molecule has 0 fully saturated rings. The van der Waals surface area contributed by atoms with Gasteiger partial charge in [-0.05, 0) is 47.0 Å². The molecule has 0 aliphatic heterocycles. The molecule has 1 aromatic carbocycles. The lowest BCUT2D eigenvalue weighted by Gasteiger charge is -2.14. The Balaban J connectivity index is 2.46. The van der Waals surface area contributed by atoms with E-state index in [-0.39, 0.29) is 18.6 Å². The first-order valence-corrected chi connectivity index (χ1v) is 7.26. The molecule has 0 aromatic heterocycles. The number of carbonyl (C=O) groups excluding carboxylic acids is 1. The molecule has 0 saturated carbocycles. The van der Waals surface area contributed by atoms with Gasteiger partial charge in [-0.25, -0.2) is 0 Å². The third-order valence-electron chi connectivity index (χ3n) is 2.72. The minimum absolute atomic E-state index is 0.0224. The summed E-state index contributed by atoms with van der Waals surface area (Å²) in [5, 5.41) is 2.89. The van der Waals surface area contributed by atoms with Crippen molar-refractivity contribution >= 4 is 21.8 Å². The number of nitrogens with one attached hydrogen (secondary N) is 1. The molecule has 0 saturated heterocycles. The van der Waals surface area contributed by atoms with Gasteiger partial charge in [-0.3, -0.25) is 4.79 Å². The van der Waals surface area contributed by atoms with E-state index in [0.29, 0.717) is 12.3 Å². The van der Waals surface area contributed by atoms with E-state index in [2.05, 4.69) is 28.2 Å². The Morgan fingerprint density at radius 2 is 2.26 bits per heavy atom. The van der Waals surface area contributed by atoms with Crippen molar-refractivity contribution in [3.8, 4) is 5.75 Å². The molecule has 4 nitrogen and oxygen atoms in total. The van der Waals surface area contributed by atoms with E-state index in [4.69, 9.17) is 10.5 Å². The summed E-state index contributed by atoms with van der Waals surface area (Å²) in [5.41, 5.74) is 6.56. The van der Waals surface area contributed by atoms with Crippen molar-refractivity contribution in [1.82, 2.24) is 5.32 Å². The molecular formula is C14H21BrN2O2. The quantitative estimate of drug-likeness (QED) is 0.808. The summed E-state index contributed by atoms with van der Waals surface area (Å²) in [6.45, 7) is 4.59. The van der Waals surface area contributed by atoms with Gasteiger partial charge in [-0.1, -0.05) is 19.4 Å². The third-order valence-corrected chi connectivity index (χ3v) is 3.34. The van der Waals surface area contributed by atoms with Gasteiger partial charge in [0.25, 0.3) is 5.91 Å². The second kappa shape index (κ2) is 8.17. The number of halogens is 1. The summed E-state index contributed by atoms with van der Waals surface area (Å²) < 4.78 is 6.29. The van der Waals surface area contributed by atoms with Gasteiger partial charge in [0.2, 0.25) is 0 Å². The predicted molar refractivity (Wildman–Crippen MR) is 80.0 cm³/mol. The number of amides is 1. The van der Waals surface area contributed by atoms with Crippen LogP contribution in [0.1, 0.15) is 32.3 Å². The maximum Gasteiger partial charge on any atom is 0.258 e. The first-order valence-electron chi connectivity index (χ1n) is 6.47. The number of ether oxygens (including phenoxy) is 1. The van der Waals surface area contributed by atoms with E-state index in [1.165, 1.54) is 0 Å². The molecule has 1 rings (SSSR count). The smallest absolute Gasteiger partial charge is 0.258 e. The van der Waals surface area contributed by atoms with Gasteiger partial charge in [0.1, 0.15) is 5.75 Å². The van der Waals surface area contributed by atoms with Gasteiger partial charge in [0.05, 0.1) is 4.47 Å². The van der Waals surface area contributed by atoms with E-state index in [9.17, 15) is 4.79 Å². The maximum atomic E-state index is 11.7. The molecule has 106 valence electrons. The van der Waals surface area contributed by atoms with Crippen molar-refractivity contribution in [2.75, 3.05) is 6.61 Å². The van der Waals surface area contributed by atoms with Gasteiger partial charge in [-0.15, -0.1) is 0 Å². The lowest BCUT2D eigenvalue weighted by Crippen LogP contribution is -2.35. The van der Waals surface area contributed by atoms with Crippen molar-refractivity contribution in [3.63, 3.8) is 0 Å². The number of benzene rings is 1. The number of rotatable bonds is 7. The Labute approximate surface area is 122 Å². The van der Waals surface area contributed by atoms with Crippen LogP contribution < -0.4 is 15.8 Å². The zero-order valence-corrected chi connectivity index (χ0v) is 13.0. The molecule has 19 heavy (non-hydrogen) atoms. The van der Waals surface area contributed by atoms with Gasteiger partial charge < -0.3 is 15.8 Å². The summed E-state index contributed by atoms with van der Waals surface area (Å²) in [6.07, 6.45) is 2.02. The molecule has 1 aromatic rings. The van der Waals surface area contributed by atoms with Crippen molar-refractivity contribution in [1.29, 1.82) is 0 Å². The predicted octanol–water partition coefficient (Wildman–Crippen LogP) is 2.59. The summed E-state index contributed by atoms with van der Waals surface area (Å²) in [7, 11) is 0. The largest absolute Gasteiger partial charge is 0.483 e. The number of carbonyl (C=O) groups is 1. The normalized spacial score (nSPS) is 12.0.